The quantitative estimate of drug-likeness (QED) is 0.875. The molecule has 2 aromatic rings. The molecule has 19 heavy (non-hydrogen) atoms. The van der Waals surface area contributed by atoms with Gasteiger partial charge < -0.3 is 9.84 Å². The zero-order valence-corrected chi connectivity index (χ0v) is 11.5. The van der Waals surface area contributed by atoms with Crippen LogP contribution in [0.3, 0.4) is 0 Å². The van der Waals surface area contributed by atoms with Crippen molar-refractivity contribution >= 4 is 0 Å². The van der Waals surface area contributed by atoms with Gasteiger partial charge in [0.15, 0.2) is 0 Å². The molecule has 1 unspecified atom stereocenters. The second-order valence-electron chi connectivity index (χ2n) is 4.77. The standard InChI is InChI=1S/C17H20O2/c1-3-17(18)15-7-9-16(10-8-15)19-12-14-6-4-5-13(2)11-14/h4-11,17-18H,3,12H2,1-2H3. The number of aryl methyl sites for hydroxylation is 1. The fraction of sp³-hybridized carbons (Fsp3) is 0.294. The highest BCUT2D eigenvalue weighted by Gasteiger charge is 2.04. The number of aliphatic hydroxyl groups excluding tert-OH is 1. The van der Waals surface area contributed by atoms with E-state index in [0.717, 1.165) is 23.3 Å². The van der Waals surface area contributed by atoms with E-state index in [0.29, 0.717) is 6.61 Å². The van der Waals surface area contributed by atoms with E-state index in [-0.39, 0.29) is 6.10 Å². The summed E-state index contributed by atoms with van der Waals surface area (Å²) >= 11 is 0. The number of rotatable bonds is 5. The van der Waals surface area contributed by atoms with Crippen LogP contribution in [0.25, 0.3) is 0 Å². The largest absolute Gasteiger partial charge is 0.489 e. The summed E-state index contributed by atoms with van der Waals surface area (Å²) < 4.78 is 5.73. The van der Waals surface area contributed by atoms with Crippen LogP contribution < -0.4 is 4.74 Å². The number of hydrogen-bond acceptors (Lipinski definition) is 2. The summed E-state index contributed by atoms with van der Waals surface area (Å²) in [4.78, 5) is 0. The Labute approximate surface area is 114 Å². The van der Waals surface area contributed by atoms with Crippen molar-refractivity contribution in [1.82, 2.24) is 0 Å². The summed E-state index contributed by atoms with van der Waals surface area (Å²) in [6.45, 7) is 4.61. The van der Waals surface area contributed by atoms with Crippen molar-refractivity contribution in [2.45, 2.75) is 33.0 Å². The SMILES string of the molecule is CCC(O)c1ccc(OCc2cccc(C)c2)cc1. The minimum Gasteiger partial charge on any atom is -0.489 e. The maximum atomic E-state index is 9.72. The lowest BCUT2D eigenvalue weighted by Gasteiger charge is -2.10. The van der Waals surface area contributed by atoms with Gasteiger partial charge in [0.05, 0.1) is 6.10 Å². The first-order valence-electron chi connectivity index (χ1n) is 6.65. The maximum Gasteiger partial charge on any atom is 0.119 e. The number of benzene rings is 2. The monoisotopic (exact) mass is 256 g/mol. The Morgan fingerprint density at radius 1 is 1.11 bits per heavy atom. The molecule has 0 amide bonds. The van der Waals surface area contributed by atoms with Gasteiger partial charge in [-0.25, -0.2) is 0 Å². The fourth-order valence-electron chi connectivity index (χ4n) is 1.99. The molecule has 2 nitrogen and oxygen atoms in total. The van der Waals surface area contributed by atoms with E-state index in [1.807, 2.05) is 37.3 Å². The molecule has 0 aromatic heterocycles. The normalized spacial score (nSPS) is 12.2. The summed E-state index contributed by atoms with van der Waals surface area (Å²) in [6.07, 6.45) is 0.342. The topological polar surface area (TPSA) is 29.5 Å². The van der Waals surface area contributed by atoms with Gasteiger partial charge in [0.25, 0.3) is 0 Å². The van der Waals surface area contributed by atoms with Crippen molar-refractivity contribution in [2.24, 2.45) is 0 Å². The Bertz CT molecular complexity index is 517. The van der Waals surface area contributed by atoms with Crippen molar-refractivity contribution in [1.29, 1.82) is 0 Å². The minimum atomic E-state index is -0.383. The summed E-state index contributed by atoms with van der Waals surface area (Å²) in [5, 5.41) is 9.72. The maximum absolute atomic E-state index is 9.72. The lowest BCUT2D eigenvalue weighted by molar-refractivity contribution is 0.173. The molecule has 0 fully saturated rings. The molecule has 0 aliphatic rings. The molecule has 1 atom stereocenters. The van der Waals surface area contributed by atoms with Crippen LogP contribution in [-0.2, 0) is 6.61 Å². The van der Waals surface area contributed by atoms with E-state index < -0.39 is 0 Å². The molecule has 0 aliphatic heterocycles. The molecule has 0 heterocycles. The van der Waals surface area contributed by atoms with Crippen LogP contribution in [-0.4, -0.2) is 5.11 Å². The first-order valence-corrected chi connectivity index (χ1v) is 6.65. The summed E-state index contributed by atoms with van der Waals surface area (Å²) in [5.74, 6) is 0.827. The average Bonchev–Trinajstić information content (AvgIpc) is 2.45. The van der Waals surface area contributed by atoms with Gasteiger partial charge in [-0.1, -0.05) is 48.9 Å². The van der Waals surface area contributed by atoms with Gasteiger partial charge in [-0.3, -0.25) is 0 Å². The molecular weight excluding hydrogens is 236 g/mol. The third-order valence-electron chi connectivity index (χ3n) is 3.14. The molecule has 0 spiro atoms. The lowest BCUT2D eigenvalue weighted by atomic mass is 10.1. The Hall–Kier alpha value is -1.80. The third kappa shape index (κ3) is 3.83. The van der Waals surface area contributed by atoms with Crippen molar-refractivity contribution in [2.75, 3.05) is 0 Å². The molecule has 2 aromatic carbocycles. The van der Waals surface area contributed by atoms with E-state index in [4.69, 9.17) is 4.74 Å². The predicted molar refractivity (Wildman–Crippen MR) is 77.2 cm³/mol. The van der Waals surface area contributed by atoms with Gasteiger partial charge in [0.1, 0.15) is 12.4 Å². The Kier molecular flexibility index (Phi) is 4.58. The highest BCUT2D eigenvalue weighted by molar-refractivity contribution is 5.29. The molecule has 1 N–H and O–H groups in total. The highest BCUT2D eigenvalue weighted by Crippen LogP contribution is 2.20. The zero-order chi connectivity index (χ0) is 13.7. The van der Waals surface area contributed by atoms with Crippen LogP contribution in [0.2, 0.25) is 0 Å². The first kappa shape index (κ1) is 13.6. The van der Waals surface area contributed by atoms with Crippen molar-refractivity contribution in [3.05, 3.63) is 65.2 Å². The Morgan fingerprint density at radius 2 is 1.84 bits per heavy atom. The summed E-state index contributed by atoms with van der Waals surface area (Å²) in [7, 11) is 0. The molecule has 0 saturated heterocycles. The van der Waals surface area contributed by atoms with Crippen LogP contribution in [0.4, 0.5) is 0 Å². The molecule has 2 rings (SSSR count). The van der Waals surface area contributed by atoms with Crippen LogP contribution in [0.15, 0.2) is 48.5 Å². The van der Waals surface area contributed by atoms with Gasteiger partial charge in [0.2, 0.25) is 0 Å². The van der Waals surface area contributed by atoms with Gasteiger partial charge in [-0.05, 0) is 36.6 Å². The lowest BCUT2D eigenvalue weighted by Crippen LogP contribution is -1.97. The second kappa shape index (κ2) is 6.39. The van der Waals surface area contributed by atoms with Gasteiger partial charge >= 0.3 is 0 Å². The van der Waals surface area contributed by atoms with E-state index in [2.05, 4.69) is 25.1 Å². The second-order valence-corrected chi connectivity index (χ2v) is 4.77. The van der Waals surface area contributed by atoms with Gasteiger partial charge in [-0.15, -0.1) is 0 Å². The summed E-state index contributed by atoms with van der Waals surface area (Å²) in [6, 6.07) is 15.9. The zero-order valence-electron chi connectivity index (χ0n) is 11.5. The van der Waals surface area contributed by atoms with E-state index >= 15 is 0 Å². The average molecular weight is 256 g/mol. The van der Waals surface area contributed by atoms with E-state index in [1.54, 1.807) is 0 Å². The molecule has 0 bridgehead atoms. The van der Waals surface area contributed by atoms with Crippen LogP contribution in [0.1, 0.15) is 36.1 Å². The molecule has 2 heteroatoms. The minimum absolute atomic E-state index is 0.383. The molecule has 0 radical (unpaired) electrons. The van der Waals surface area contributed by atoms with Crippen molar-refractivity contribution in [3.63, 3.8) is 0 Å². The highest BCUT2D eigenvalue weighted by atomic mass is 16.5. The smallest absolute Gasteiger partial charge is 0.119 e. The van der Waals surface area contributed by atoms with Gasteiger partial charge in [0, 0.05) is 0 Å². The Balaban J connectivity index is 1.96. The molecule has 0 saturated carbocycles. The molecular formula is C17H20O2. The van der Waals surface area contributed by atoms with E-state index in [9.17, 15) is 5.11 Å². The van der Waals surface area contributed by atoms with Crippen LogP contribution in [0.5, 0.6) is 5.75 Å². The third-order valence-corrected chi connectivity index (χ3v) is 3.14. The number of ether oxygens (including phenoxy) is 1. The molecule has 0 aliphatic carbocycles. The Morgan fingerprint density at radius 3 is 2.47 bits per heavy atom. The predicted octanol–water partition coefficient (Wildman–Crippen LogP) is 4.02. The van der Waals surface area contributed by atoms with Gasteiger partial charge in [-0.2, -0.15) is 0 Å². The molecule has 100 valence electrons. The van der Waals surface area contributed by atoms with Crippen LogP contribution >= 0.6 is 0 Å². The number of aliphatic hydroxyl groups is 1. The van der Waals surface area contributed by atoms with Crippen molar-refractivity contribution in [3.8, 4) is 5.75 Å². The first-order chi connectivity index (χ1) is 9.19. The van der Waals surface area contributed by atoms with Crippen molar-refractivity contribution < 1.29 is 9.84 Å². The summed E-state index contributed by atoms with van der Waals surface area (Å²) in [5.41, 5.74) is 3.34. The number of hydrogen-bond donors (Lipinski definition) is 1. The van der Waals surface area contributed by atoms with Crippen LogP contribution in [0, 0.1) is 6.92 Å². The fourth-order valence-corrected chi connectivity index (χ4v) is 1.99. The van der Waals surface area contributed by atoms with E-state index in [1.165, 1.54) is 5.56 Å².